The Morgan fingerprint density at radius 3 is 2.74 bits per heavy atom. The Morgan fingerprint density at radius 2 is 2.04 bits per heavy atom. The number of hydrogen-bond acceptors (Lipinski definition) is 5. The molecule has 0 fully saturated rings. The van der Waals surface area contributed by atoms with Gasteiger partial charge in [-0.3, -0.25) is 9.67 Å². The van der Waals surface area contributed by atoms with Crippen molar-refractivity contribution in [3.05, 3.63) is 12.5 Å². The van der Waals surface area contributed by atoms with Gasteiger partial charge in [-0.15, -0.1) is 24.0 Å². The molecule has 9 heteroatoms. The third kappa shape index (κ3) is 7.11. The van der Waals surface area contributed by atoms with Crippen molar-refractivity contribution in [3.8, 4) is 0 Å². The maximum absolute atomic E-state index is 4.31. The van der Waals surface area contributed by atoms with Gasteiger partial charge in [-0.05, 0) is 12.3 Å². The number of halogens is 1. The lowest BCUT2D eigenvalue weighted by Gasteiger charge is -2.18. The smallest absolute Gasteiger partial charge is 0.191 e. The first-order chi connectivity index (χ1) is 12.7. The number of anilines is 1. The molecule has 0 amide bonds. The van der Waals surface area contributed by atoms with Crippen molar-refractivity contribution in [3.63, 3.8) is 0 Å². The molecule has 2 rings (SSSR count). The van der Waals surface area contributed by atoms with Gasteiger partial charge >= 0.3 is 0 Å². The molecule has 2 aromatic rings. The van der Waals surface area contributed by atoms with Crippen molar-refractivity contribution < 1.29 is 0 Å². The third-order valence-electron chi connectivity index (χ3n) is 4.56. The fourth-order valence-electron chi connectivity index (χ4n) is 2.87. The first-order valence-electron chi connectivity index (χ1n) is 9.50. The lowest BCUT2D eigenvalue weighted by Crippen LogP contribution is -2.41. The Balaban J connectivity index is 0.00000364. The van der Waals surface area contributed by atoms with Crippen molar-refractivity contribution in [2.75, 3.05) is 32.0 Å². The molecule has 0 aliphatic carbocycles. The van der Waals surface area contributed by atoms with Crippen LogP contribution in [-0.2, 0) is 7.05 Å². The van der Waals surface area contributed by atoms with E-state index in [4.69, 9.17) is 0 Å². The van der Waals surface area contributed by atoms with Crippen molar-refractivity contribution in [2.45, 2.75) is 39.5 Å². The summed E-state index contributed by atoms with van der Waals surface area (Å²) < 4.78 is 1.74. The number of aliphatic imine (C=N–C) groups is 1. The molecule has 0 aliphatic heterocycles. The molecule has 3 N–H and O–H groups in total. The van der Waals surface area contributed by atoms with Crippen LogP contribution >= 0.6 is 24.0 Å². The van der Waals surface area contributed by atoms with Crippen molar-refractivity contribution in [1.29, 1.82) is 0 Å². The van der Waals surface area contributed by atoms with Crippen LogP contribution in [0, 0.1) is 5.92 Å². The number of nitrogens with zero attached hydrogens (tertiary/aromatic N) is 5. The maximum atomic E-state index is 4.31. The molecule has 1 atom stereocenters. The largest absolute Gasteiger partial charge is 0.368 e. The second-order valence-electron chi connectivity index (χ2n) is 6.45. The highest BCUT2D eigenvalue weighted by atomic mass is 127. The van der Waals surface area contributed by atoms with Crippen LogP contribution in [-0.4, -0.2) is 52.4 Å². The lowest BCUT2D eigenvalue weighted by molar-refractivity contribution is 0.444. The summed E-state index contributed by atoms with van der Waals surface area (Å²) >= 11 is 0. The van der Waals surface area contributed by atoms with Crippen LogP contribution in [0.4, 0.5) is 5.82 Å². The van der Waals surface area contributed by atoms with Gasteiger partial charge in [0.25, 0.3) is 0 Å². The summed E-state index contributed by atoms with van der Waals surface area (Å²) in [6, 6.07) is 0. The van der Waals surface area contributed by atoms with Crippen LogP contribution in [0.3, 0.4) is 0 Å². The number of aryl methyl sites for hydroxylation is 1. The molecule has 152 valence electrons. The van der Waals surface area contributed by atoms with Gasteiger partial charge in [0.05, 0.1) is 11.6 Å². The average Bonchev–Trinajstić information content (AvgIpc) is 3.05. The predicted octanol–water partition coefficient (Wildman–Crippen LogP) is 2.77. The molecule has 1 unspecified atom stereocenters. The van der Waals surface area contributed by atoms with Crippen LogP contribution in [0.5, 0.6) is 0 Å². The van der Waals surface area contributed by atoms with E-state index >= 15 is 0 Å². The summed E-state index contributed by atoms with van der Waals surface area (Å²) in [5.41, 5.74) is 0.825. The summed E-state index contributed by atoms with van der Waals surface area (Å²) in [5, 5.41) is 15.3. The Kier molecular flexibility index (Phi) is 11.0. The third-order valence-corrected chi connectivity index (χ3v) is 4.56. The van der Waals surface area contributed by atoms with Crippen LogP contribution in [0.2, 0.25) is 0 Å². The second kappa shape index (κ2) is 12.7. The summed E-state index contributed by atoms with van der Waals surface area (Å²) in [6.45, 7) is 6.94. The number of nitrogens with one attached hydrogen (secondary N) is 3. The number of guanidine groups is 1. The molecule has 0 saturated carbocycles. The molecule has 8 nitrogen and oxygen atoms in total. The summed E-state index contributed by atoms with van der Waals surface area (Å²) in [7, 11) is 3.68. The Morgan fingerprint density at radius 1 is 1.22 bits per heavy atom. The fourth-order valence-corrected chi connectivity index (χ4v) is 2.87. The molecule has 2 heterocycles. The van der Waals surface area contributed by atoms with Gasteiger partial charge in [0.1, 0.15) is 12.1 Å². The molecule has 0 aliphatic rings. The number of fused-ring (bicyclic) bond motifs is 1. The Bertz CT molecular complexity index is 700. The van der Waals surface area contributed by atoms with Crippen LogP contribution in [0.15, 0.2) is 17.5 Å². The standard InChI is InChI=1S/C18H32N8.HI/c1-5-7-8-14(6-2)11-22-18(19-3)21-10-9-20-16-15-12-25-26(4)17(15)24-13-23-16;/h12-14H,5-11H2,1-4H3,(H2,19,21,22)(H,20,23,24);1H. The van der Waals surface area contributed by atoms with Crippen molar-refractivity contribution in [2.24, 2.45) is 18.0 Å². The highest BCUT2D eigenvalue weighted by Crippen LogP contribution is 2.17. The zero-order valence-electron chi connectivity index (χ0n) is 16.8. The lowest BCUT2D eigenvalue weighted by atomic mass is 9.99. The van der Waals surface area contributed by atoms with Gasteiger partial charge in [-0.25, -0.2) is 9.97 Å². The van der Waals surface area contributed by atoms with Crippen LogP contribution < -0.4 is 16.0 Å². The summed E-state index contributed by atoms with van der Waals surface area (Å²) in [5.74, 6) is 2.35. The van der Waals surface area contributed by atoms with Crippen molar-refractivity contribution in [1.82, 2.24) is 30.4 Å². The van der Waals surface area contributed by atoms with Gasteiger partial charge in [0, 0.05) is 33.7 Å². The van der Waals surface area contributed by atoms with Gasteiger partial charge in [0.2, 0.25) is 0 Å². The fraction of sp³-hybridized carbons (Fsp3) is 0.667. The van der Waals surface area contributed by atoms with Gasteiger partial charge < -0.3 is 16.0 Å². The van der Waals surface area contributed by atoms with E-state index in [9.17, 15) is 0 Å². The molecule has 0 radical (unpaired) electrons. The quantitative estimate of drug-likeness (QED) is 0.206. The topological polar surface area (TPSA) is 92.1 Å². The Hall–Kier alpha value is -1.65. The predicted molar refractivity (Wildman–Crippen MR) is 123 cm³/mol. The number of rotatable bonds is 10. The zero-order valence-corrected chi connectivity index (χ0v) is 19.2. The zero-order chi connectivity index (χ0) is 18.8. The normalized spacial score (nSPS) is 12.5. The molecular formula is C18H33IN8. The SMILES string of the molecule is CCCCC(CC)CNC(=NC)NCCNc1ncnc2c1cnn2C.I. The molecule has 27 heavy (non-hydrogen) atoms. The second-order valence-corrected chi connectivity index (χ2v) is 6.45. The molecular weight excluding hydrogens is 455 g/mol. The van der Waals surface area contributed by atoms with Crippen LogP contribution in [0.1, 0.15) is 39.5 Å². The van der Waals surface area contributed by atoms with Crippen molar-refractivity contribution >= 4 is 46.8 Å². The number of aromatic nitrogens is 4. The first-order valence-corrected chi connectivity index (χ1v) is 9.50. The minimum absolute atomic E-state index is 0. The Labute approximate surface area is 179 Å². The number of unbranched alkanes of at least 4 members (excludes halogenated alkanes) is 1. The van der Waals surface area contributed by atoms with E-state index in [2.05, 4.69) is 49.9 Å². The van der Waals surface area contributed by atoms with Gasteiger partial charge in [0.15, 0.2) is 11.6 Å². The van der Waals surface area contributed by atoms with E-state index in [1.165, 1.54) is 25.7 Å². The van der Waals surface area contributed by atoms with E-state index in [1.54, 1.807) is 24.3 Å². The molecule has 0 aromatic carbocycles. The molecule has 0 bridgehead atoms. The molecule has 0 saturated heterocycles. The molecule has 2 aromatic heterocycles. The van der Waals surface area contributed by atoms with E-state index in [0.29, 0.717) is 5.92 Å². The van der Waals surface area contributed by atoms with Crippen LogP contribution in [0.25, 0.3) is 11.0 Å². The summed E-state index contributed by atoms with van der Waals surface area (Å²) in [6.07, 6.45) is 8.35. The van der Waals surface area contributed by atoms with E-state index in [1.807, 2.05) is 7.05 Å². The highest BCUT2D eigenvalue weighted by Gasteiger charge is 2.08. The first kappa shape index (κ1) is 23.4. The van der Waals surface area contributed by atoms with E-state index in [0.717, 1.165) is 42.4 Å². The summed E-state index contributed by atoms with van der Waals surface area (Å²) in [4.78, 5) is 12.9. The minimum Gasteiger partial charge on any atom is -0.368 e. The molecule has 0 spiro atoms. The minimum atomic E-state index is 0. The van der Waals surface area contributed by atoms with E-state index < -0.39 is 0 Å². The van der Waals surface area contributed by atoms with Gasteiger partial charge in [-0.2, -0.15) is 5.10 Å². The average molecular weight is 488 g/mol. The monoisotopic (exact) mass is 488 g/mol. The maximum Gasteiger partial charge on any atom is 0.191 e. The van der Waals surface area contributed by atoms with E-state index in [-0.39, 0.29) is 24.0 Å². The highest BCUT2D eigenvalue weighted by molar-refractivity contribution is 14.0. The van der Waals surface area contributed by atoms with Gasteiger partial charge in [-0.1, -0.05) is 33.1 Å². The number of hydrogen-bond donors (Lipinski definition) is 3.